The highest BCUT2D eigenvalue weighted by Crippen LogP contribution is 2.32. The average Bonchev–Trinajstić information content (AvgIpc) is 2.81. The number of nitrogens with zero attached hydrogens (tertiary/aromatic N) is 1. The van der Waals surface area contributed by atoms with Crippen molar-refractivity contribution in [2.24, 2.45) is 0 Å². The third-order valence-electron chi connectivity index (χ3n) is 4.90. The molecule has 4 N–H and O–H groups in total. The van der Waals surface area contributed by atoms with Gasteiger partial charge < -0.3 is 15.7 Å². The zero-order valence-electron chi connectivity index (χ0n) is 17.0. The maximum atomic E-state index is 14.0. The third kappa shape index (κ3) is 3.90. The maximum Gasteiger partial charge on any atom is 0.339 e. The number of pyridine rings is 1. The molecule has 182 valence electrons. The van der Waals surface area contributed by atoms with E-state index >= 15 is 0 Å². The van der Waals surface area contributed by atoms with Gasteiger partial charge in [0.05, 0.1) is 22.6 Å². The van der Waals surface area contributed by atoms with Crippen LogP contribution in [0.25, 0.3) is 16.6 Å². The Morgan fingerprint density at radius 1 is 0.743 bits per heavy atom. The summed E-state index contributed by atoms with van der Waals surface area (Å²) < 4.78 is 112. The summed E-state index contributed by atoms with van der Waals surface area (Å²) >= 11 is 0. The van der Waals surface area contributed by atoms with Crippen molar-refractivity contribution < 1.29 is 38.9 Å². The Bertz CT molecular complexity index is 1680. The van der Waals surface area contributed by atoms with Crippen LogP contribution in [0, 0.1) is 34.9 Å². The number of benzene rings is 3. The van der Waals surface area contributed by atoms with Crippen LogP contribution >= 0.6 is 0 Å². The van der Waals surface area contributed by atoms with E-state index in [0.717, 1.165) is 41.0 Å². The topological polar surface area (TPSA) is 117 Å². The lowest BCUT2D eigenvalue weighted by Crippen LogP contribution is -2.19. The standard InChI is InChI=1S/C21H11F6N3O4S/c22-10-6-14(12(29)7-11(10)28)30-13-3-2-9(5-8(13)1-4-15(30)31)35(32,33)34-21-19(26)17(24)16(23)18(25)20(21)27/h1-7H,28-29H2. The van der Waals surface area contributed by atoms with Crippen molar-refractivity contribution in [3.63, 3.8) is 0 Å². The smallest absolute Gasteiger partial charge is 0.339 e. The maximum absolute atomic E-state index is 14.0. The molecule has 3 aromatic carbocycles. The number of anilines is 2. The number of fused-ring (bicyclic) bond motifs is 1. The summed E-state index contributed by atoms with van der Waals surface area (Å²) in [6, 6.07) is 6.95. The molecule has 0 aliphatic carbocycles. The Balaban J connectivity index is 1.86. The van der Waals surface area contributed by atoms with Gasteiger partial charge in [0, 0.05) is 17.5 Å². The van der Waals surface area contributed by atoms with Crippen LogP contribution in [0.4, 0.5) is 37.7 Å². The molecule has 0 saturated carbocycles. The second-order valence-electron chi connectivity index (χ2n) is 7.10. The van der Waals surface area contributed by atoms with E-state index in [1.54, 1.807) is 0 Å². The van der Waals surface area contributed by atoms with Crippen LogP contribution in [0.3, 0.4) is 0 Å². The van der Waals surface area contributed by atoms with E-state index in [9.17, 15) is 39.6 Å². The molecular formula is C21H11F6N3O4S. The van der Waals surface area contributed by atoms with E-state index in [1.165, 1.54) is 6.07 Å². The van der Waals surface area contributed by atoms with Crippen LogP contribution in [-0.2, 0) is 10.1 Å². The Morgan fingerprint density at radius 3 is 1.97 bits per heavy atom. The van der Waals surface area contributed by atoms with Gasteiger partial charge >= 0.3 is 10.1 Å². The van der Waals surface area contributed by atoms with Crippen molar-refractivity contribution in [2.75, 3.05) is 11.5 Å². The monoisotopic (exact) mass is 515 g/mol. The second kappa shape index (κ2) is 8.23. The summed E-state index contributed by atoms with van der Waals surface area (Å²) in [7, 11) is -5.13. The first-order chi connectivity index (χ1) is 16.3. The molecule has 14 heteroatoms. The summed E-state index contributed by atoms with van der Waals surface area (Å²) in [6.45, 7) is 0. The Kier molecular flexibility index (Phi) is 5.63. The molecule has 0 aliphatic rings. The summed E-state index contributed by atoms with van der Waals surface area (Å²) in [6.07, 6.45) is 0. The first kappa shape index (κ1) is 23.9. The lowest BCUT2D eigenvalue weighted by Gasteiger charge is -2.15. The molecule has 0 amide bonds. The Labute approximate surface area is 191 Å². The van der Waals surface area contributed by atoms with Crippen LogP contribution in [0.2, 0.25) is 0 Å². The SMILES string of the molecule is Nc1cc(N)c(-n2c(=O)ccc3cc(S(=O)(=O)Oc4c(F)c(F)c(F)c(F)c4F)ccc32)cc1F. The van der Waals surface area contributed by atoms with Gasteiger partial charge in [0.15, 0.2) is 0 Å². The van der Waals surface area contributed by atoms with Crippen LogP contribution in [0.1, 0.15) is 0 Å². The highest BCUT2D eigenvalue weighted by atomic mass is 32.2. The predicted octanol–water partition coefficient (Wildman–Crippen LogP) is 3.76. The quantitative estimate of drug-likeness (QED) is 0.141. The van der Waals surface area contributed by atoms with Crippen molar-refractivity contribution in [1.82, 2.24) is 4.57 Å². The first-order valence-corrected chi connectivity index (χ1v) is 10.7. The zero-order valence-corrected chi connectivity index (χ0v) is 17.8. The van der Waals surface area contributed by atoms with Crippen LogP contribution in [0.5, 0.6) is 5.75 Å². The van der Waals surface area contributed by atoms with Gasteiger partial charge in [-0.1, -0.05) is 0 Å². The van der Waals surface area contributed by atoms with Crippen molar-refractivity contribution in [3.8, 4) is 11.4 Å². The molecule has 0 bridgehead atoms. The minimum Gasteiger partial charge on any atom is -0.397 e. The number of rotatable bonds is 4. The molecule has 4 rings (SSSR count). The molecule has 0 atom stereocenters. The molecular weight excluding hydrogens is 504 g/mol. The number of hydrogen-bond donors (Lipinski definition) is 2. The summed E-state index contributed by atoms with van der Waals surface area (Å²) in [5, 5.41) is 0.0309. The van der Waals surface area contributed by atoms with E-state index < -0.39 is 61.2 Å². The number of hydrogen-bond acceptors (Lipinski definition) is 6. The molecule has 0 spiro atoms. The van der Waals surface area contributed by atoms with Gasteiger partial charge in [-0.3, -0.25) is 9.36 Å². The fraction of sp³-hybridized carbons (Fsp3) is 0. The fourth-order valence-corrected chi connectivity index (χ4v) is 4.20. The lowest BCUT2D eigenvalue weighted by atomic mass is 10.1. The molecule has 0 unspecified atom stereocenters. The first-order valence-electron chi connectivity index (χ1n) is 9.30. The van der Waals surface area contributed by atoms with Crippen LogP contribution < -0.4 is 21.2 Å². The molecule has 1 aromatic heterocycles. The van der Waals surface area contributed by atoms with Crippen molar-refractivity contribution >= 4 is 32.4 Å². The average molecular weight is 515 g/mol. The van der Waals surface area contributed by atoms with Crippen molar-refractivity contribution in [1.29, 1.82) is 0 Å². The molecule has 1 heterocycles. The van der Waals surface area contributed by atoms with Gasteiger partial charge in [0.25, 0.3) is 5.56 Å². The number of nitrogens with two attached hydrogens (primary N) is 2. The third-order valence-corrected chi connectivity index (χ3v) is 6.12. The van der Waals surface area contributed by atoms with E-state index in [0.29, 0.717) is 0 Å². The van der Waals surface area contributed by atoms with Gasteiger partial charge in [-0.05, 0) is 30.3 Å². The van der Waals surface area contributed by atoms with E-state index in [4.69, 9.17) is 11.5 Å². The summed E-state index contributed by atoms with van der Waals surface area (Å²) in [4.78, 5) is 11.7. The highest BCUT2D eigenvalue weighted by Gasteiger charge is 2.31. The van der Waals surface area contributed by atoms with Crippen molar-refractivity contribution in [3.05, 3.63) is 87.7 Å². The lowest BCUT2D eigenvalue weighted by molar-refractivity contribution is 0.346. The number of aromatic nitrogens is 1. The molecule has 0 fully saturated rings. The molecule has 0 aliphatic heterocycles. The molecule has 4 aromatic rings. The molecule has 0 saturated heterocycles. The van der Waals surface area contributed by atoms with Gasteiger partial charge in [-0.25, -0.2) is 17.6 Å². The van der Waals surface area contributed by atoms with E-state index in [1.807, 2.05) is 0 Å². The Morgan fingerprint density at radius 2 is 1.34 bits per heavy atom. The van der Waals surface area contributed by atoms with Gasteiger partial charge in [-0.2, -0.15) is 17.2 Å². The largest absolute Gasteiger partial charge is 0.397 e. The fourth-order valence-electron chi connectivity index (χ4n) is 3.23. The Hall–Kier alpha value is -4.20. The summed E-state index contributed by atoms with van der Waals surface area (Å²) in [5.41, 5.74) is 10.2. The van der Waals surface area contributed by atoms with Gasteiger partial charge in [-0.15, -0.1) is 0 Å². The zero-order chi connectivity index (χ0) is 25.8. The van der Waals surface area contributed by atoms with E-state index in [2.05, 4.69) is 4.18 Å². The predicted molar refractivity (Wildman–Crippen MR) is 112 cm³/mol. The van der Waals surface area contributed by atoms with Crippen LogP contribution in [0.15, 0.2) is 52.2 Å². The van der Waals surface area contributed by atoms with Crippen molar-refractivity contribution in [2.45, 2.75) is 4.90 Å². The van der Waals surface area contributed by atoms with Crippen LogP contribution in [-0.4, -0.2) is 13.0 Å². The van der Waals surface area contributed by atoms with Gasteiger partial charge in [0.2, 0.25) is 34.8 Å². The van der Waals surface area contributed by atoms with Gasteiger partial charge in [0.1, 0.15) is 10.7 Å². The number of halogens is 6. The number of nitrogen functional groups attached to an aromatic ring is 2. The minimum absolute atomic E-state index is 0.0309. The normalized spacial score (nSPS) is 11.7. The van der Waals surface area contributed by atoms with E-state index in [-0.39, 0.29) is 28.0 Å². The molecule has 7 nitrogen and oxygen atoms in total. The summed E-state index contributed by atoms with van der Waals surface area (Å²) in [5.74, 6) is -15.2. The minimum atomic E-state index is -5.13. The second-order valence-corrected chi connectivity index (χ2v) is 8.64. The highest BCUT2D eigenvalue weighted by molar-refractivity contribution is 7.87. The molecule has 35 heavy (non-hydrogen) atoms. The molecule has 0 radical (unpaired) electrons.